The fourth-order valence-electron chi connectivity index (χ4n) is 2.29. The van der Waals surface area contributed by atoms with Gasteiger partial charge in [0.25, 0.3) is 0 Å². The van der Waals surface area contributed by atoms with Crippen LogP contribution in [0, 0.1) is 0 Å². The summed E-state index contributed by atoms with van der Waals surface area (Å²) in [5.41, 5.74) is 0.914. The van der Waals surface area contributed by atoms with E-state index >= 15 is 0 Å². The predicted octanol–water partition coefficient (Wildman–Crippen LogP) is 5.57. The first-order chi connectivity index (χ1) is 10.3. The van der Waals surface area contributed by atoms with Crippen molar-refractivity contribution in [2.24, 2.45) is 0 Å². The fourth-order valence-corrected chi connectivity index (χ4v) is 3.45. The van der Waals surface area contributed by atoms with E-state index in [0.29, 0.717) is 5.88 Å². The molecule has 0 amide bonds. The maximum Gasteiger partial charge on any atom is 0.150 e. The van der Waals surface area contributed by atoms with Gasteiger partial charge in [0.2, 0.25) is 0 Å². The topological polar surface area (TPSA) is 22.1 Å². The summed E-state index contributed by atoms with van der Waals surface area (Å²) in [5.74, 6) is 1.35. The zero-order valence-electron chi connectivity index (χ0n) is 11.8. The first kappa shape index (κ1) is 14.4. The Balaban J connectivity index is 1.92. The Morgan fingerprint density at radius 1 is 1.19 bits per heavy atom. The highest BCUT2D eigenvalue weighted by molar-refractivity contribution is 7.09. The Morgan fingerprint density at radius 2 is 2.00 bits per heavy atom. The minimum absolute atomic E-state index is 0.0298. The van der Waals surface area contributed by atoms with E-state index in [1.165, 1.54) is 5.39 Å². The van der Waals surface area contributed by atoms with Gasteiger partial charge < -0.3 is 4.74 Å². The lowest BCUT2D eigenvalue weighted by Crippen LogP contribution is -2.06. The van der Waals surface area contributed by atoms with Gasteiger partial charge in [0.15, 0.2) is 0 Å². The molecule has 108 valence electrons. The fraction of sp³-hybridized carbons (Fsp3) is 0.235. The molecule has 4 heteroatoms. The minimum atomic E-state index is -0.0298. The average molecular weight is 318 g/mol. The molecule has 21 heavy (non-hydrogen) atoms. The zero-order valence-corrected chi connectivity index (χ0v) is 13.3. The lowest BCUT2D eigenvalue weighted by Gasteiger charge is -2.16. The smallest absolute Gasteiger partial charge is 0.150 e. The second-order valence-electron chi connectivity index (χ2n) is 4.80. The van der Waals surface area contributed by atoms with E-state index in [-0.39, 0.29) is 6.10 Å². The van der Waals surface area contributed by atoms with E-state index < -0.39 is 0 Å². The number of ether oxygens (including phenoxy) is 1. The SMILES string of the molecule is CCC(Oc1cccc2ccccc12)c1nc(CCl)cs1. The molecule has 0 aliphatic heterocycles. The summed E-state index contributed by atoms with van der Waals surface area (Å²) in [6, 6.07) is 14.4. The Bertz CT molecular complexity index is 735. The van der Waals surface area contributed by atoms with Gasteiger partial charge in [0.05, 0.1) is 11.6 Å². The molecule has 0 spiro atoms. The van der Waals surface area contributed by atoms with E-state index in [2.05, 4.69) is 30.1 Å². The van der Waals surface area contributed by atoms with Crippen molar-refractivity contribution in [2.45, 2.75) is 25.3 Å². The molecule has 0 radical (unpaired) electrons. The first-order valence-electron chi connectivity index (χ1n) is 6.96. The van der Waals surface area contributed by atoms with Crippen molar-refractivity contribution in [3.05, 3.63) is 58.5 Å². The molecule has 0 N–H and O–H groups in total. The Kier molecular flexibility index (Phi) is 4.42. The Hall–Kier alpha value is -1.58. The van der Waals surface area contributed by atoms with Gasteiger partial charge in [-0.2, -0.15) is 0 Å². The molecule has 1 atom stereocenters. The van der Waals surface area contributed by atoms with Gasteiger partial charge in [-0.25, -0.2) is 4.98 Å². The quantitative estimate of drug-likeness (QED) is 0.574. The summed E-state index contributed by atoms with van der Waals surface area (Å²) < 4.78 is 6.23. The number of alkyl halides is 1. The van der Waals surface area contributed by atoms with Crippen molar-refractivity contribution in [1.82, 2.24) is 4.98 Å². The van der Waals surface area contributed by atoms with Gasteiger partial charge in [-0.3, -0.25) is 0 Å². The maximum atomic E-state index is 6.23. The van der Waals surface area contributed by atoms with Crippen LogP contribution < -0.4 is 4.74 Å². The van der Waals surface area contributed by atoms with Gasteiger partial charge in [0.1, 0.15) is 16.9 Å². The number of hydrogen-bond donors (Lipinski definition) is 0. The highest BCUT2D eigenvalue weighted by Gasteiger charge is 2.16. The molecule has 0 saturated heterocycles. The molecule has 3 aromatic rings. The maximum absolute atomic E-state index is 6.23. The summed E-state index contributed by atoms with van der Waals surface area (Å²) >= 11 is 7.44. The van der Waals surface area contributed by atoms with Crippen LogP contribution in [0.5, 0.6) is 5.75 Å². The number of nitrogens with zero attached hydrogens (tertiary/aromatic N) is 1. The number of benzene rings is 2. The highest BCUT2D eigenvalue weighted by atomic mass is 35.5. The second-order valence-corrected chi connectivity index (χ2v) is 5.96. The molecular formula is C17H16ClNOS. The molecule has 0 bridgehead atoms. The van der Waals surface area contributed by atoms with E-state index in [4.69, 9.17) is 16.3 Å². The second kappa shape index (κ2) is 6.46. The van der Waals surface area contributed by atoms with Crippen LogP contribution in [0.25, 0.3) is 10.8 Å². The summed E-state index contributed by atoms with van der Waals surface area (Å²) in [4.78, 5) is 4.54. The van der Waals surface area contributed by atoms with Crippen molar-refractivity contribution in [2.75, 3.05) is 0 Å². The summed E-state index contributed by atoms with van der Waals surface area (Å²) in [7, 11) is 0. The van der Waals surface area contributed by atoms with E-state index in [1.807, 2.05) is 29.6 Å². The van der Waals surface area contributed by atoms with Crippen LogP contribution >= 0.6 is 22.9 Å². The molecule has 0 saturated carbocycles. The van der Waals surface area contributed by atoms with E-state index in [9.17, 15) is 0 Å². The van der Waals surface area contributed by atoms with Crippen LogP contribution in [0.4, 0.5) is 0 Å². The van der Waals surface area contributed by atoms with E-state index in [0.717, 1.165) is 28.3 Å². The molecule has 2 aromatic carbocycles. The van der Waals surface area contributed by atoms with Crippen LogP contribution in [-0.2, 0) is 5.88 Å². The third-order valence-electron chi connectivity index (χ3n) is 3.37. The molecule has 0 fully saturated rings. The lowest BCUT2D eigenvalue weighted by molar-refractivity contribution is 0.203. The molecule has 1 aromatic heterocycles. The molecular weight excluding hydrogens is 302 g/mol. The van der Waals surface area contributed by atoms with Crippen molar-refractivity contribution in [3.8, 4) is 5.75 Å². The lowest BCUT2D eigenvalue weighted by atomic mass is 10.1. The zero-order chi connectivity index (χ0) is 14.7. The molecule has 1 heterocycles. The third-order valence-corrected chi connectivity index (χ3v) is 4.63. The molecule has 2 nitrogen and oxygen atoms in total. The molecule has 0 aliphatic carbocycles. The van der Waals surface area contributed by atoms with Gasteiger partial charge in [-0.15, -0.1) is 22.9 Å². The summed E-state index contributed by atoms with van der Waals surface area (Å²) in [6.45, 7) is 2.11. The highest BCUT2D eigenvalue weighted by Crippen LogP contribution is 2.32. The molecule has 3 rings (SSSR count). The molecule has 0 aliphatic rings. The summed E-state index contributed by atoms with van der Waals surface area (Å²) in [6.07, 6.45) is 0.844. The van der Waals surface area contributed by atoms with Crippen LogP contribution in [0.3, 0.4) is 0 Å². The number of rotatable bonds is 5. The van der Waals surface area contributed by atoms with Crippen molar-refractivity contribution in [3.63, 3.8) is 0 Å². The van der Waals surface area contributed by atoms with Crippen LogP contribution in [0.1, 0.15) is 30.2 Å². The average Bonchev–Trinajstić information content (AvgIpc) is 3.01. The third kappa shape index (κ3) is 3.04. The molecule has 1 unspecified atom stereocenters. The van der Waals surface area contributed by atoms with Crippen molar-refractivity contribution >= 4 is 33.7 Å². The van der Waals surface area contributed by atoms with Gasteiger partial charge in [-0.05, 0) is 17.9 Å². The Morgan fingerprint density at radius 3 is 2.76 bits per heavy atom. The number of aromatic nitrogens is 1. The van der Waals surface area contributed by atoms with Gasteiger partial charge in [0, 0.05) is 10.8 Å². The monoisotopic (exact) mass is 317 g/mol. The standard InChI is InChI=1S/C17H16ClNOS/c1-2-15(17-19-13(10-18)11-21-17)20-16-9-5-7-12-6-3-4-8-14(12)16/h3-9,11,15H,2,10H2,1H3. The van der Waals surface area contributed by atoms with Crippen LogP contribution in [0.15, 0.2) is 47.8 Å². The number of halogens is 1. The van der Waals surface area contributed by atoms with Crippen LogP contribution in [-0.4, -0.2) is 4.98 Å². The van der Waals surface area contributed by atoms with Crippen LogP contribution in [0.2, 0.25) is 0 Å². The van der Waals surface area contributed by atoms with Gasteiger partial charge in [-0.1, -0.05) is 43.3 Å². The number of hydrogen-bond acceptors (Lipinski definition) is 3. The number of thiazole rings is 1. The number of fused-ring (bicyclic) bond motifs is 1. The van der Waals surface area contributed by atoms with Crippen molar-refractivity contribution < 1.29 is 4.74 Å². The van der Waals surface area contributed by atoms with Crippen molar-refractivity contribution in [1.29, 1.82) is 0 Å². The normalized spacial score (nSPS) is 12.5. The van der Waals surface area contributed by atoms with Gasteiger partial charge >= 0.3 is 0 Å². The largest absolute Gasteiger partial charge is 0.483 e. The summed E-state index contributed by atoms with van der Waals surface area (Å²) in [5, 5.41) is 5.30. The Labute approximate surface area is 133 Å². The predicted molar refractivity (Wildman–Crippen MR) is 89.3 cm³/mol. The minimum Gasteiger partial charge on any atom is -0.483 e. The first-order valence-corrected chi connectivity index (χ1v) is 8.38. The van der Waals surface area contributed by atoms with E-state index in [1.54, 1.807) is 11.3 Å².